The fourth-order valence-corrected chi connectivity index (χ4v) is 3.53. The lowest BCUT2D eigenvalue weighted by Crippen LogP contribution is -2.46. The molecule has 0 saturated carbocycles. The van der Waals surface area contributed by atoms with Crippen LogP contribution in [0.4, 0.5) is 0 Å². The van der Waals surface area contributed by atoms with Crippen LogP contribution in [0.25, 0.3) is 11.0 Å². The molecule has 8 heteroatoms. The number of amides is 2. The number of carbonyl (C=O) groups is 2. The minimum absolute atomic E-state index is 0.00724. The van der Waals surface area contributed by atoms with E-state index in [-0.39, 0.29) is 18.4 Å². The van der Waals surface area contributed by atoms with Crippen molar-refractivity contribution in [2.24, 2.45) is 5.92 Å². The van der Waals surface area contributed by atoms with Gasteiger partial charge in [0.05, 0.1) is 12.1 Å². The molecule has 1 aromatic heterocycles. The largest absolute Gasteiger partial charge is 0.383 e. The van der Waals surface area contributed by atoms with Gasteiger partial charge in [-0.25, -0.2) is 4.68 Å². The van der Waals surface area contributed by atoms with Crippen LogP contribution in [-0.2, 0) is 20.9 Å². The molecule has 2 amide bonds. The zero-order chi connectivity index (χ0) is 22.9. The number of hydrogen-bond donors (Lipinski definition) is 1. The van der Waals surface area contributed by atoms with Crippen molar-refractivity contribution in [1.29, 1.82) is 0 Å². The van der Waals surface area contributed by atoms with Gasteiger partial charge >= 0.3 is 0 Å². The molecular weight excluding hydrogens is 406 g/mol. The van der Waals surface area contributed by atoms with Crippen molar-refractivity contribution in [1.82, 2.24) is 25.2 Å². The Labute approximate surface area is 188 Å². The molecule has 0 bridgehead atoms. The summed E-state index contributed by atoms with van der Waals surface area (Å²) in [5.41, 5.74) is 2.28. The molecular formula is C24H31N5O3. The molecule has 0 aliphatic rings. The third-order valence-corrected chi connectivity index (χ3v) is 5.25. The number of nitrogens with one attached hydrogen (secondary N) is 1. The Hall–Kier alpha value is -3.26. The minimum atomic E-state index is -0.742. The Bertz CT molecular complexity index is 1020. The zero-order valence-corrected chi connectivity index (χ0v) is 18.9. The highest BCUT2D eigenvalue weighted by Crippen LogP contribution is 2.23. The fourth-order valence-electron chi connectivity index (χ4n) is 3.53. The van der Waals surface area contributed by atoms with Gasteiger partial charge in [0.25, 0.3) is 0 Å². The van der Waals surface area contributed by atoms with Gasteiger partial charge in [0, 0.05) is 20.2 Å². The number of rotatable bonds is 11. The van der Waals surface area contributed by atoms with Crippen molar-refractivity contribution in [3.05, 3.63) is 60.2 Å². The van der Waals surface area contributed by atoms with E-state index in [4.69, 9.17) is 4.74 Å². The highest BCUT2D eigenvalue weighted by atomic mass is 16.5. The molecule has 0 unspecified atom stereocenters. The van der Waals surface area contributed by atoms with Gasteiger partial charge in [-0.1, -0.05) is 61.5 Å². The summed E-state index contributed by atoms with van der Waals surface area (Å²) in [4.78, 5) is 28.4. The van der Waals surface area contributed by atoms with Crippen LogP contribution in [0.5, 0.6) is 0 Å². The Kier molecular flexibility index (Phi) is 8.33. The number of carbonyl (C=O) groups excluding carboxylic acids is 2. The van der Waals surface area contributed by atoms with Gasteiger partial charge < -0.3 is 15.0 Å². The molecule has 0 saturated heterocycles. The Morgan fingerprint density at radius 1 is 1.09 bits per heavy atom. The molecule has 0 fully saturated rings. The molecule has 1 atom stereocenters. The highest BCUT2D eigenvalue weighted by molar-refractivity contribution is 5.89. The molecule has 1 N–H and O–H groups in total. The maximum Gasteiger partial charge on any atom is 0.247 e. The van der Waals surface area contributed by atoms with Gasteiger partial charge in [-0.3, -0.25) is 9.59 Å². The smallest absolute Gasteiger partial charge is 0.247 e. The van der Waals surface area contributed by atoms with Crippen LogP contribution in [0.3, 0.4) is 0 Å². The van der Waals surface area contributed by atoms with Crippen LogP contribution >= 0.6 is 0 Å². The third-order valence-electron chi connectivity index (χ3n) is 5.25. The zero-order valence-electron chi connectivity index (χ0n) is 18.9. The van der Waals surface area contributed by atoms with Crippen LogP contribution in [0, 0.1) is 5.92 Å². The summed E-state index contributed by atoms with van der Waals surface area (Å²) in [6.45, 7) is 5.44. The standard InChI is InChI=1S/C24H31N5O3/c1-18(2)13-15-28(22(30)17-29-21-12-8-7-11-20(21)26-27-29)23(19-9-5-4-6-10-19)24(31)25-14-16-32-3/h4-12,18,23H,13-17H2,1-3H3,(H,25,31)/t23-/m1/s1. The minimum Gasteiger partial charge on any atom is -0.383 e. The molecule has 32 heavy (non-hydrogen) atoms. The average Bonchev–Trinajstić information content (AvgIpc) is 3.20. The van der Waals surface area contributed by atoms with Gasteiger partial charge in [0.1, 0.15) is 18.1 Å². The number of ether oxygens (including phenoxy) is 1. The monoisotopic (exact) mass is 437 g/mol. The maximum atomic E-state index is 13.5. The van der Waals surface area contributed by atoms with Crippen LogP contribution in [0.1, 0.15) is 31.9 Å². The second kappa shape index (κ2) is 11.4. The van der Waals surface area contributed by atoms with Crippen LogP contribution in [0.2, 0.25) is 0 Å². The van der Waals surface area contributed by atoms with Crippen molar-refractivity contribution < 1.29 is 14.3 Å². The Morgan fingerprint density at radius 2 is 1.81 bits per heavy atom. The van der Waals surface area contributed by atoms with Gasteiger partial charge in [-0.05, 0) is 30.0 Å². The van der Waals surface area contributed by atoms with Gasteiger partial charge in [0.2, 0.25) is 11.8 Å². The molecule has 2 aromatic carbocycles. The van der Waals surface area contributed by atoms with E-state index in [0.717, 1.165) is 23.0 Å². The summed E-state index contributed by atoms with van der Waals surface area (Å²) >= 11 is 0. The first-order valence-electron chi connectivity index (χ1n) is 10.9. The molecule has 170 valence electrons. The summed E-state index contributed by atoms with van der Waals surface area (Å²) in [6, 6.07) is 16.2. The number of fused-ring (bicyclic) bond motifs is 1. The fraction of sp³-hybridized carbons (Fsp3) is 0.417. The summed E-state index contributed by atoms with van der Waals surface area (Å²) < 4.78 is 6.65. The average molecular weight is 438 g/mol. The SMILES string of the molecule is COCCNC(=O)[C@@H](c1ccccc1)N(CCC(C)C)C(=O)Cn1nnc2ccccc21. The van der Waals surface area contributed by atoms with Crippen LogP contribution in [0.15, 0.2) is 54.6 Å². The molecule has 3 rings (SSSR count). The lowest BCUT2D eigenvalue weighted by molar-refractivity contribution is -0.141. The van der Waals surface area contributed by atoms with Crippen molar-refractivity contribution in [3.8, 4) is 0 Å². The molecule has 3 aromatic rings. The summed E-state index contributed by atoms with van der Waals surface area (Å²) in [5, 5.41) is 11.2. The van der Waals surface area contributed by atoms with Crippen molar-refractivity contribution in [2.45, 2.75) is 32.9 Å². The van der Waals surface area contributed by atoms with E-state index in [1.807, 2.05) is 54.6 Å². The topological polar surface area (TPSA) is 89.4 Å². The normalized spacial score (nSPS) is 12.1. The quantitative estimate of drug-likeness (QED) is 0.466. The lowest BCUT2D eigenvalue weighted by atomic mass is 10.0. The third kappa shape index (κ3) is 5.91. The first kappa shape index (κ1) is 23.4. The van der Waals surface area contributed by atoms with Gasteiger partial charge in [-0.2, -0.15) is 0 Å². The highest BCUT2D eigenvalue weighted by Gasteiger charge is 2.31. The van der Waals surface area contributed by atoms with E-state index in [0.29, 0.717) is 25.6 Å². The van der Waals surface area contributed by atoms with Crippen molar-refractivity contribution in [2.75, 3.05) is 26.8 Å². The van der Waals surface area contributed by atoms with E-state index in [1.54, 1.807) is 16.7 Å². The Morgan fingerprint density at radius 3 is 2.53 bits per heavy atom. The predicted molar refractivity (Wildman–Crippen MR) is 123 cm³/mol. The molecule has 1 heterocycles. The number of hydrogen-bond acceptors (Lipinski definition) is 5. The summed E-state index contributed by atoms with van der Waals surface area (Å²) in [6.07, 6.45) is 0.776. The second-order valence-electron chi connectivity index (χ2n) is 8.10. The number of methoxy groups -OCH3 is 1. The van der Waals surface area contributed by atoms with E-state index < -0.39 is 6.04 Å². The van der Waals surface area contributed by atoms with Gasteiger partial charge in [0.15, 0.2) is 0 Å². The molecule has 0 aliphatic carbocycles. The lowest BCUT2D eigenvalue weighted by Gasteiger charge is -2.32. The first-order chi connectivity index (χ1) is 15.5. The number of nitrogens with zero attached hydrogens (tertiary/aromatic N) is 4. The molecule has 0 aliphatic heterocycles. The van der Waals surface area contributed by atoms with Crippen LogP contribution in [-0.4, -0.2) is 58.5 Å². The second-order valence-corrected chi connectivity index (χ2v) is 8.10. The summed E-state index contributed by atoms with van der Waals surface area (Å²) in [5.74, 6) is -0.0312. The maximum absolute atomic E-state index is 13.5. The molecule has 0 radical (unpaired) electrons. The summed E-state index contributed by atoms with van der Waals surface area (Å²) in [7, 11) is 1.59. The number of aromatic nitrogens is 3. The predicted octanol–water partition coefficient (Wildman–Crippen LogP) is 2.81. The molecule has 8 nitrogen and oxygen atoms in total. The number of para-hydroxylation sites is 1. The van der Waals surface area contributed by atoms with Crippen molar-refractivity contribution in [3.63, 3.8) is 0 Å². The number of benzene rings is 2. The van der Waals surface area contributed by atoms with E-state index >= 15 is 0 Å². The van der Waals surface area contributed by atoms with E-state index in [9.17, 15) is 9.59 Å². The van der Waals surface area contributed by atoms with Crippen molar-refractivity contribution >= 4 is 22.8 Å². The first-order valence-corrected chi connectivity index (χ1v) is 10.9. The van der Waals surface area contributed by atoms with Crippen LogP contribution < -0.4 is 5.32 Å². The van der Waals surface area contributed by atoms with Gasteiger partial charge in [-0.15, -0.1) is 5.10 Å². The van der Waals surface area contributed by atoms with E-state index in [2.05, 4.69) is 29.5 Å². The van der Waals surface area contributed by atoms with E-state index in [1.165, 1.54) is 0 Å². The molecule has 0 spiro atoms. The Balaban J connectivity index is 1.91.